The van der Waals surface area contributed by atoms with Gasteiger partial charge in [-0.25, -0.2) is 4.98 Å². The topological polar surface area (TPSA) is 37.4 Å². The molecule has 4 nitrogen and oxygen atoms in total. The molecular formula is C11H19N3O. The molecule has 0 radical (unpaired) electrons. The first kappa shape index (κ1) is 11.8. The zero-order valence-corrected chi connectivity index (χ0v) is 9.66. The quantitative estimate of drug-likeness (QED) is 0.720. The second kappa shape index (κ2) is 6.24. The third kappa shape index (κ3) is 4.65. The van der Waals surface area contributed by atoms with E-state index in [9.17, 15) is 0 Å². The van der Waals surface area contributed by atoms with Crippen LogP contribution in [0, 0.1) is 0 Å². The monoisotopic (exact) mass is 209 g/mol. The molecule has 1 aromatic heterocycles. The van der Waals surface area contributed by atoms with Crippen LogP contribution in [0.4, 0.5) is 5.69 Å². The predicted molar refractivity (Wildman–Crippen MR) is 62.4 cm³/mol. The average Bonchev–Trinajstić information content (AvgIpc) is 2.24. The molecule has 0 amide bonds. The highest BCUT2D eigenvalue weighted by Gasteiger charge is 1.96. The smallest absolute Gasteiger partial charge is 0.214 e. The van der Waals surface area contributed by atoms with Gasteiger partial charge in [0.2, 0.25) is 5.88 Å². The standard InChI is InChI=1S/C11H19N3O/c1-14(2)8-4-6-12-10-5-7-13-11(9-10)15-3/h5,7,9H,4,6,8H2,1-3H3,(H,12,13). The number of hydrogen-bond acceptors (Lipinski definition) is 4. The van der Waals surface area contributed by atoms with Crippen LogP contribution in [-0.4, -0.2) is 44.2 Å². The molecule has 1 aromatic rings. The van der Waals surface area contributed by atoms with Gasteiger partial charge in [-0.2, -0.15) is 0 Å². The SMILES string of the molecule is COc1cc(NCCCN(C)C)ccn1. The third-order valence-electron chi connectivity index (χ3n) is 2.06. The van der Waals surface area contributed by atoms with Crippen LogP contribution in [0.2, 0.25) is 0 Å². The van der Waals surface area contributed by atoms with Crippen molar-refractivity contribution in [3.63, 3.8) is 0 Å². The number of aromatic nitrogens is 1. The minimum Gasteiger partial charge on any atom is -0.481 e. The van der Waals surface area contributed by atoms with E-state index in [1.807, 2.05) is 12.1 Å². The summed E-state index contributed by atoms with van der Waals surface area (Å²) in [5.74, 6) is 0.646. The van der Waals surface area contributed by atoms with Gasteiger partial charge < -0.3 is 15.0 Å². The van der Waals surface area contributed by atoms with Crippen LogP contribution < -0.4 is 10.1 Å². The van der Waals surface area contributed by atoms with Crippen molar-refractivity contribution in [2.24, 2.45) is 0 Å². The highest BCUT2D eigenvalue weighted by molar-refractivity contribution is 5.44. The van der Waals surface area contributed by atoms with Gasteiger partial charge in [0.15, 0.2) is 0 Å². The molecule has 15 heavy (non-hydrogen) atoms. The highest BCUT2D eigenvalue weighted by Crippen LogP contribution is 2.12. The first-order chi connectivity index (χ1) is 7.22. The average molecular weight is 209 g/mol. The fourth-order valence-corrected chi connectivity index (χ4v) is 1.26. The Labute approximate surface area is 91.3 Å². The maximum Gasteiger partial charge on any atom is 0.214 e. The number of ether oxygens (including phenoxy) is 1. The summed E-state index contributed by atoms with van der Waals surface area (Å²) >= 11 is 0. The summed E-state index contributed by atoms with van der Waals surface area (Å²) in [5, 5.41) is 3.33. The van der Waals surface area contributed by atoms with Crippen LogP contribution in [-0.2, 0) is 0 Å². The van der Waals surface area contributed by atoms with Crippen molar-refractivity contribution in [2.45, 2.75) is 6.42 Å². The number of methoxy groups -OCH3 is 1. The van der Waals surface area contributed by atoms with Gasteiger partial charge in [-0.1, -0.05) is 0 Å². The Kier molecular flexibility index (Phi) is 4.90. The number of nitrogens with zero attached hydrogens (tertiary/aromatic N) is 2. The summed E-state index contributed by atoms with van der Waals surface area (Å²) in [7, 11) is 5.78. The maximum atomic E-state index is 5.04. The van der Waals surface area contributed by atoms with Crippen molar-refractivity contribution in [1.29, 1.82) is 0 Å². The molecule has 0 saturated heterocycles. The van der Waals surface area contributed by atoms with Crippen molar-refractivity contribution in [2.75, 3.05) is 39.6 Å². The zero-order chi connectivity index (χ0) is 11.1. The van der Waals surface area contributed by atoms with E-state index in [0.29, 0.717) is 5.88 Å². The van der Waals surface area contributed by atoms with E-state index < -0.39 is 0 Å². The number of anilines is 1. The van der Waals surface area contributed by atoms with Crippen LogP contribution in [0.15, 0.2) is 18.3 Å². The molecule has 0 fully saturated rings. The molecule has 0 bridgehead atoms. The van der Waals surface area contributed by atoms with Crippen LogP contribution in [0.1, 0.15) is 6.42 Å². The van der Waals surface area contributed by atoms with E-state index in [0.717, 1.165) is 25.2 Å². The van der Waals surface area contributed by atoms with Crippen molar-refractivity contribution in [1.82, 2.24) is 9.88 Å². The third-order valence-corrected chi connectivity index (χ3v) is 2.06. The zero-order valence-electron chi connectivity index (χ0n) is 9.66. The Morgan fingerprint density at radius 2 is 2.27 bits per heavy atom. The van der Waals surface area contributed by atoms with Crippen molar-refractivity contribution in [3.8, 4) is 5.88 Å². The Balaban J connectivity index is 2.30. The molecule has 0 aliphatic rings. The molecular weight excluding hydrogens is 190 g/mol. The summed E-state index contributed by atoms with van der Waals surface area (Å²) in [6.07, 6.45) is 2.87. The fraction of sp³-hybridized carbons (Fsp3) is 0.545. The molecule has 1 rings (SSSR count). The molecule has 0 atom stereocenters. The lowest BCUT2D eigenvalue weighted by Gasteiger charge is -2.10. The number of hydrogen-bond donors (Lipinski definition) is 1. The normalized spacial score (nSPS) is 10.4. The largest absolute Gasteiger partial charge is 0.481 e. The second-order valence-corrected chi connectivity index (χ2v) is 3.67. The van der Waals surface area contributed by atoms with Gasteiger partial charge in [-0.05, 0) is 33.1 Å². The Bertz CT molecular complexity index is 289. The van der Waals surface area contributed by atoms with Crippen molar-refractivity contribution >= 4 is 5.69 Å². The summed E-state index contributed by atoms with van der Waals surface area (Å²) < 4.78 is 5.04. The van der Waals surface area contributed by atoms with Crippen LogP contribution in [0.25, 0.3) is 0 Å². The summed E-state index contributed by atoms with van der Waals surface area (Å²) in [6, 6.07) is 3.84. The van der Waals surface area contributed by atoms with Crippen molar-refractivity contribution < 1.29 is 4.74 Å². The Hall–Kier alpha value is -1.29. The molecule has 0 spiro atoms. The first-order valence-corrected chi connectivity index (χ1v) is 5.11. The minimum absolute atomic E-state index is 0.646. The molecule has 0 aliphatic carbocycles. The Morgan fingerprint density at radius 3 is 2.93 bits per heavy atom. The predicted octanol–water partition coefficient (Wildman–Crippen LogP) is 1.45. The van der Waals surface area contributed by atoms with Gasteiger partial charge in [0.1, 0.15) is 0 Å². The van der Waals surface area contributed by atoms with E-state index in [-0.39, 0.29) is 0 Å². The fourth-order valence-electron chi connectivity index (χ4n) is 1.26. The molecule has 0 aliphatic heterocycles. The van der Waals surface area contributed by atoms with Crippen molar-refractivity contribution in [3.05, 3.63) is 18.3 Å². The number of pyridine rings is 1. The van der Waals surface area contributed by atoms with Gasteiger partial charge in [-0.3, -0.25) is 0 Å². The lowest BCUT2D eigenvalue weighted by molar-refractivity contribution is 0.398. The molecule has 1 N–H and O–H groups in total. The minimum atomic E-state index is 0.646. The van der Waals surface area contributed by atoms with E-state index in [1.165, 1.54) is 0 Å². The summed E-state index contributed by atoms with van der Waals surface area (Å²) in [6.45, 7) is 2.06. The molecule has 0 unspecified atom stereocenters. The highest BCUT2D eigenvalue weighted by atomic mass is 16.5. The van der Waals surface area contributed by atoms with Crippen LogP contribution in [0.3, 0.4) is 0 Å². The number of rotatable bonds is 6. The molecule has 4 heteroatoms. The van der Waals surface area contributed by atoms with Gasteiger partial charge in [0, 0.05) is 24.5 Å². The van der Waals surface area contributed by atoms with E-state index in [2.05, 4.69) is 29.3 Å². The van der Waals surface area contributed by atoms with Crippen LogP contribution >= 0.6 is 0 Å². The van der Waals surface area contributed by atoms with E-state index in [4.69, 9.17) is 4.74 Å². The maximum absolute atomic E-state index is 5.04. The Morgan fingerprint density at radius 1 is 1.47 bits per heavy atom. The first-order valence-electron chi connectivity index (χ1n) is 5.11. The molecule has 0 saturated carbocycles. The van der Waals surface area contributed by atoms with E-state index in [1.54, 1.807) is 13.3 Å². The lowest BCUT2D eigenvalue weighted by atomic mass is 10.3. The van der Waals surface area contributed by atoms with Gasteiger partial charge in [0.25, 0.3) is 0 Å². The van der Waals surface area contributed by atoms with Gasteiger partial charge in [-0.15, -0.1) is 0 Å². The van der Waals surface area contributed by atoms with Crippen LogP contribution in [0.5, 0.6) is 5.88 Å². The lowest BCUT2D eigenvalue weighted by Crippen LogP contribution is -2.16. The second-order valence-electron chi connectivity index (χ2n) is 3.67. The molecule has 84 valence electrons. The molecule has 1 heterocycles. The van der Waals surface area contributed by atoms with Gasteiger partial charge in [0.05, 0.1) is 7.11 Å². The summed E-state index contributed by atoms with van der Waals surface area (Å²) in [4.78, 5) is 6.22. The van der Waals surface area contributed by atoms with Gasteiger partial charge >= 0.3 is 0 Å². The molecule has 0 aromatic carbocycles. The van der Waals surface area contributed by atoms with E-state index >= 15 is 0 Å². The number of nitrogens with one attached hydrogen (secondary N) is 1. The summed E-state index contributed by atoms with van der Waals surface area (Å²) in [5.41, 5.74) is 1.06.